The Balaban J connectivity index is 1.55. The van der Waals surface area contributed by atoms with Gasteiger partial charge in [-0.25, -0.2) is 4.79 Å². The van der Waals surface area contributed by atoms with Crippen molar-refractivity contribution in [1.82, 2.24) is 10.3 Å². The summed E-state index contributed by atoms with van der Waals surface area (Å²) in [6.45, 7) is 1.56. The number of hydrogen-bond donors (Lipinski definition) is 1. The molecule has 150 valence electrons. The molecule has 4 rings (SSSR count). The summed E-state index contributed by atoms with van der Waals surface area (Å²) in [7, 11) is 0. The van der Waals surface area contributed by atoms with E-state index in [0.717, 1.165) is 60.7 Å². The van der Waals surface area contributed by atoms with Crippen molar-refractivity contribution in [3.05, 3.63) is 41.1 Å². The smallest absolute Gasteiger partial charge is 0.339 e. The molecule has 2 aliphatic carbocycles. The molecule has 1 aromatic carbocycles. The first-order valence-corrected chi connectivity index (χ1v) is 10.4. The maximum atomic E-state index is 13.1. The molecule has 0 aliphatic heterocycles. The average molecular weight is 391 g/mol. The van der Waals surface area contributed by atoms with E-state index in [1.54, 1.807) is 6.92 Å². The zero-order chi connectivity index (χ0) is 20.4. The second-order valence-corrected chi connectivity index (χ2v) is 8.07. The Morgan fingerprint density at radius 2 is 1.93 bits per heavy atom. The van der Waals surface area contributed by atoms with Crippen LogP contribution in [0.4, 0.5) is 0 Å². The number of esters is 1. The van der Waals surface area contributed by atoms with Crippen molar-refractivity contribution in [1.29, 1.82) is 5.26 Å². The monoisotopic (exact) mass is 391 g/mol. The number of para-hydroxylation sites is 1. The van der Waals surface area contributed by atoms with Gasteiger partial charge >= 0.3 is 5.97 Å². The molecule has 0 saturated heterocycles. The van der Waals surface area contributed by atoms with Gasteiger partial charge in [-0.15, -0.1) is 0 Å². The fourth-order valence-corrected chi connectivity index (χ4v) is 4.47. The van der Waals surface area contributed by atoms with E-state index in [-0.39, 0.29) is 0 Å². The standard InChI is InChI=1S/C23H25N3O3/c1-15(21(27)26-23(14-24)12-5-2-6-13-23)29-22(28)20-16-8-3-4-10-18(16)25-19-11-7-9-17(19)20/h3-4,8,10,15H,2,5-7,9,11-13H2,1H3,(H,26,27). The number of rotatable bonds is 4. The molecule has 6 nitrogen and oxygen atoms in total. The Kier molecular flexibility index (Phi) is 5.23. The number of hydrogen-bond acceptors (Lipinski definition) is 5. The minimum atomic E-state index is -0.973. The number of aryl methyl sites for hydroxylation is 1. The van der Waals surface area contributed by atoms with E-state index in [1.807, 2.05) is 24.3 Å². The van der Waals surface area contributed by atoms with Crippen molar-refractivity contribution in [2.75, 3.05) is 0 Å². The summed E-state index contributed by atoms with van der Waals surface area (Å²) in [6.07, 6.45) is 5.80. The van der Waals surface area contributed by atoms with Crippen LogP contribution in [0.25, 0.3) is 10.9 Å². The zero-order valence-electron chi connectivity index (χ0n) is 16.7. The lowest BCUT2D eigenvalue weighted by Gasteiger charge is -2.32. The molecule has 1 atom stereocenters. The highest BCUT2D eigenvalue weighted by atomic mass is 16.5. The van der Waals surface area contributed by atoms with Crippen LogP contribution in [0, 0.1) is 11.3 Å². The van der Waals surface area contributed by atoms with E-state index in [0.29, 0.717) is 18.4 Å². The predicted octanol–water partition coefficient (Wildman–Crippen LogP) is 3.61. The molecule has 29 heavy (non-hydrogen) atoms. The first kappa shape index (κ1) is 19.4. The summed E-state index contributed by atoms with van der Waals surface area (Å²) >= 11 is 0. The Labute approximate surface area is 170 Å². The summed E-state index contributed by atoms with van der Waals surface area (Å²) in [5, 5.41) is 13.2. The van der Waals surface area contributed by atoms with Crippen LogP contribution in [0.15, 0.2) is 24.3 Å². The lowest BCUT2D eigenvalue weighted by Crippen LogP contribution is -2.52. The number of fused-ring (bicyclic) bond motifs is 2. The van der Waals surface area contributed by atoms with Crippen LogP contribution in [-0.2, 0) is 22.4 Å². The van der Waals surface area contributed by atoms with E-state index in [4.69, 9.17) is 4.74 Å². The van der Waals surface area contributed by atoms with Crippen molar-refractivity contribution in [3.63, 3.8) is 0 Å². The number of carbonyl (C=O) groups is 2. The van der Waals surface area contributed by atoms with Gasteiger partial charge in [0.1, 0.15) is 5.54 Å². The molecule has 1 aromatic heterocycles. The quantitative estimate of drug-likeness (QED) is 0.804. The van der Waals surface area contributed by atoms with Gasteiger partial charge in [0.2, 0.25) is 0 Å². The number of nitriles is 1. The molecule has 6 heteroatoms. The Hall–Kier alpha value is -2.94. The van der Waals surface area contributed by atoms with Crippen LogP contribution in [0.1, 0.15) is 67.1 Å². The van der Waals surface area contributed by atoms with Crippen LogP contribution >= 0.6 is 0 Å². The van der Waals surface area contributed by atoms with E-state index in [9.17, 15) is 14.9 Å². The van der Waals surface area contributed by atoms with Gasteiger partial charge in [0.05, 0.1) is 17.1 Å². The topological polar surface area (TPSA) is 92.1 Å². The fraction of sp³-hybridized carbons (Fsp3) is 0.478. The molecular weight excluding hydrogens is 366 g/mol. The van der Waals surface area contributed by atoms with Gasteiger partial charge < -0.3 is 10.1 Å². The molecule has 1 heterocycles. The second-order valence-electron chi connectivity index (χ2n) is 8.07. The summed E-state index contributed by atoms with van der Waals surface area (Å²) in [6, 6.07) is 9.79. The highest BCUT2D eigenvalue weighted by Gasteiger charge is 2.36. The highest BCUT2D eigenvalue weighted by molar-refractivity contribution is 6.06. The van der Waals surface area contributed by atoms with E-state index < -0.39 is 23.5 Å². The molecule has 0 spiro atoms. The molecule has 1 N–H and O–H groups in total. The maximum absolute atomic E-state index is 13.1. The third kappa shape index (κ3) is 3.69. The van der Waals surface area contributed by atoms with Crippen molar-refractivity contribution in [2.24, 2.45) is 0 Å². The van der Waals surface area contributed by atoms with E-state index in [1.165, 1.54) is 0 Å². The molecule has 2 aromatic rings. The number of nitrogens with zero attached hydrogens (tertiary/aromatic N) is 2. The molecule has 1 amide bonds. The van der Waals surface area contributed by atoms with Gasteiger partial charge in [0.15, 0.2) is 6.10 Å². The molecule has 1 saturated carbocycles. The summed E-state index contributed by atoms with van der Waals surface area (Å²) in [5.74, 6) is -0.921. The van der Waals surface area contributed by atoms with Crippen molar-refractivity contribution < 1.29 is 14.3 Å². The number of pyridine rings is 1. The Morgan fingerprint density at radius 3 is 2.69 bits per heavy atom. The van der Waals surface area contributed by atoms with E-state index in [2.05, 4.69) is 16.4 Å². The minimum Gasteiger partial charge on any atom is -0.449 e. The first-order valence-electron chi connectivity index (χ1n) is 10.4. The Bertz CT molecular complexity index is 1000. The van der Waals surface area contributed by atoms with Crippen LogP contribution in [-0.4, -0.2) is 28.5 Å². The highest BCUT2D eigenvalue weighted by Crippen LogP contribution is 2.31. The van der Waals surface area contributed by atoms with Crippen molar-refractivity contribution >= 4 is 22.8 Å². The van der Waals surface area contributed by atoms with Crippen molar-refractivity contribution in [3.8, 4) is 6.07 Å². The molecule has 1 unspecified atom stereocenters. The largest absolute Gasteiger partial charge is 0.449 e. The van der Waals surface area contributed by atoms with Crippen molar-refractivity contribution in [2.45, 2.75) is 69.9 Å². The van der Waals surface area contributed by atoms with Crippen LogP contribution in [0.2, 0.25) is 0 Å². The number of nitrogens with one attached hydrogen (secondary N) is 1. The third-order valence-electron chi connectivity index (χ3n) is 6.06. The number of amides is 1. The number of carbonyl (C=O) groups excluding carboxylic acids is 2. The van der Waals surface area contributed by atoms with Gasteiger partial charge in [-0.3, -0.25) is 9.78 Å². The van der Waals surface area contributed by atoms with Crippen LogP contribution in [0.5, 0.6) is 0 Å². The van der Waals surface area contributed by atoms with Gasteiger partial charge in [-0.05, 0) is 50.7 Å². The van der Waals surface area contributed by atoms with Gasteiger partial charge in [-0.2, -0.15) is 5.26 Å². The normalized spacial score (nSPS) is 18.5. The average Bonchev–Trinajstić information content (AvgIpc) is 3.20. The lowest BCUT2D eigenvalue weighted by atomic mass is 9.83. The maximum Gasteiger partial charge on any atom is 0.339 e. The predicted molar refractivity (Wildman–Crippen MR) is 108 cm³/mol. The molecule has 0 radical (unpaired) electrons. The second kappa shape index (κ2) is 7.82. The van der Waals surface area contributed by atoms with Gasteiger partial charge in [0.25, 0.3) is 5.91 Å². The zero-order valence-corrected chi connectivity index (χ0v) is 16.7. The Morgan fingerprint density at radius 1 is 1.17 bits per heavy atom. The minimum absolute atomic E-state index is 0.420. The molecule has 1 fully saturated rings. The molecule has 2 aliphatic rings. The van der Waals surface area contributed by atoms with Gasteiger partial charge in [-0.1, -0.05) is 37.5 Å². The summed E-state index contributed by atoms with van der Waals surface area (Å²) < 4.78 is 5.57. The number of ether oxygens (including phenoxy) is 1. The lowest BCUT2D eigenvalue weighted by molar-refractivity contribution is -0.130. The molecular formula is C23H25N3O3. The fourth-order valence-electron chi connectivity index (χ4n) is 4.47. The third-order valence-corrected chi connectivity index (χ3v) is 6.06. The number of aromatic nitrogens is 1. The SMILES string of the molecule is CC(OC(=O)c1c2c(nc3ccccc13)CCC2)C(=O)NC1(C#N)CCCCC1. The summed E-state index contributed by atoms with van der Waals surface area (Å²) in [4.78, 5) is 30.5. The molecule has 0 bridgehead atoms. The first-order chi connectivity index (χ1) is 14.0. The summed E-state index contributed by atoms with van der Waals surface area (Å²) in [5.41, 5.74) is 2.32. The van der Waals surface area contributed by atoms with Crippen LogP contribution < -0.4 is 5.32 Å². The van der Waals surface area contributed by atoms with E-state index >= 15 is 0 Å². The van der Waals surface area contributed by atoms with Crippen LogP contribution in [0.3, 0.4) is 0 Å². The number of benzene rings is 1. The van der Waals surface area contributed by atoms with Gasteiger partial charge in [0, 0.05) is 11.1 Å².